The molecule has 0 aliphatic carbocycles. The van der Waals surface area contributed by atoms with Crippen molar-refractivity contribution in [3.05, 3.63) is 89.7 Å². The summed E-state index contributed by atoms with van der Waals surface area (Å²) in [7, 11) is 0. The highest BCUT2D eigenvalue weighted by atomic mass is 19.4. The van der Waals surface area contributed by atoms with Crippen LogP contribution in [0.25, 0.3) is 11.1 Å². The van der Waals surface area contributed by atoms with E-state index in [1.54, 1.807) is 36.7 Å². The van der Waals surface area contributed by atoms with Crippen LogP contribution in [0.4, 0.5) is 13.2 Å². The number of piperazine rings is 1. The molecule has 4 rings (SSSR count). The fourth-order valence-corrected chi connectivity index (χ4v) is 5.12. The number of hydrogen-bond acceptors (Lipinski definition) is 4. The molecule has 1 saturated heterocycles. The molecule has 1 aliphatic rings. The number of hydrogen-bond donors (Lipinski definition) is 1. The van der Waals surface area contributed by atoms with Crippen molar-refractivity contribution in [3.8, 4) is 11.1 Å². The predicted octanol–water partition coefficient (Wildman–Crippen LogP) is 6.19. The lowest BCUT2D eigenvalue weighted by molar-refractivity contribution is -0.180. The first-order chi connectivity index (χ1) is 18.9. The molecule has 1 N–H and O–H groups in total. The Labute approximate surface area is 235 Å². The van der Waals surface area contributed by atoms with Crippen molar-refractivity contribution in [2.75, 3.05) is 19.6 Å². The van der Waals surface area contributed by atoms with Crippen LogP contribution in [0, 0.1) is 0 Å². The minimum Gasteiger partial charge on any atom is -0.354 e. The molecule has 214 valence electrons. The third-order valence-corrected chi connectivity index (χ3v) is 7.70. The fourth-order valence-electron chi connectivity index (χ4n) is 5.12. The number of alkyl halides is 3. The molecule has 0 spiro atoms. The molecule has 40 heavy (non-hydrogen) atoms. The van der Waals surface area contributed by atoms with Crippen LogP contribution in [0.1, 0.15) is 50.8 Å². The quantitative estimate of drug-likeness (QED) is 0.344. The van der Waals surface area contributed by atoms with Crippen molar-refractivity contribution in [2.45, 2.75) is 70.9 Å². The van der Waals surface area contributed by atoms with Gasteiger partial charge in [0.25, 0.3) is 0 Å². The Hall–Kier alpha value is -3.23. The molecule has 3 aromatic rings. The van der Waals surface area contributed by atoms with Crippen LogP contribution in [0.5, 0.6) is 0 Å². The number of halogens is 3. The predicted molar refractivity (Wildman–Crippen MR) is 153 cm³/mol. The maximum Gasteiger partial charge on any atom is 0.397 e. The molecule has 0 radical (unpaired) electrons. The van der Waals surface area contributed by atoms with Gasteiger partial charge in [0.15, 0.2) is 0 Å². The van der Waals surface area contributed by atoms with Gasteiger partial charge in [-0.05, 0) is 67.6 Å². The normalized spacial score (nSPS) is 17.2. The molecule has 1 amide bonds. The Kier molecular flexibility index (Phi) is 9.31. The van der Waals surface area contributed by atoms with Crippen LogP contribution < -0.4 is 5.32 Å². The van der Waals surface area contributed by atoms with Crippen molar-refractivity contribution in [1.82, 2.24) is 20.1 Å². The number of amides is 1. The monoisotopic (exact) mass is 552 g/mol. The third kappa shape index (κ3) is 7.49. The Balaban J connectivity index is 1.41. The number of carbonyl (C=O) groups is 1. The zero-order chi connectivity index (χ0) is 28.9. The van der Waals surface area contributed by atoms with E-state index >= 15 is 0 Å². The summed E-state index contributed by atoms with van der Waals surface area (Å²) in [6.45, 7) is 10.4. The van der Waals surface area contributed by atoms with Crippen molar-refractivity contribution in [1.29, 1.82) is 0 Å². The van der Waals surface area contributed by atoms with Gasteiger partial charge in [-0.3, -0.25) is 19.6 Å². The highest BCUT2D eigenvalue weighted by Gasteiger charge is 2.48. The first-order valence-electron chi connectivity index (χ1n) is 13.8. The van der Waals surface area contributed by atoms with Gasteiger partial charge in [-0.25, -0.2) is 0 Å². The van der Waals surface area contributed by atoms with Crippen molar-refractivity contribution < 1.29 is 18.0 Å². The molecule has 8 heteroatoms. The Morgan fingerprint density at radius 3 is 2.05 bits per heavy atom. The third-order valence-electron chi connectivity index (χ3n) is 7.70. The summed E-state index contributed by atoms with van der Waals surface area (Å²) in [6, 6.07) is 19.1. The van der Waals surface area contributed by atoms with Crippen molar-refractivity contribution >= 4 is 5.91 Å². The second kappa shape index (κ2) is 12.5. The topological polar surface area (TPSA) is 48.5 Å². The van der Waals surface area contributed by atoms with E-state index in [9.17, 15) is 18.0 Å². The van der Waals surface area contributed by atoms with E-state index in [0.29, 0.717) is 6.42 Å². The van der Waals surface area contributed by atoms with Crippen LogP contribution in [-0.4, -0.2) is 58.6 Å². The molecule has 1 aromatic heterocycles. The van der Waals surface area contributed by atoms with E-state index in [1.165, 1.54) is 19.4 Å². The first-order valence-corrected chi connectivity index (χ1v) is 13.8. The van der Waals surface area contributed by atoms with E-state index in [4.69, 9.17) is 0 Å². The molecule has 1 fully saturated rings. The van der Waals surface area contributed by atoms with E-state index in [0.717, 1.165) is 49.4 Å². The van der Waals surface area contributed by atoms with Gasteiger partial charge in [-0.2, -0.15) is 13.2 Å². The molecule has 5 nitrogen and oxygen atoms in total. The zero-order valence-electron chi connectivity index (χ0n) is 23.7. The van der Waals surface area contributed by atoms with Gasteiger partial charge in [0.1, 0.15) is 0 Å². The van der Waals surface area contributed by atoms with Crippen molar-refractivity contribution in [3.63, 3.8) is 0 Å². The van der Waals surface area contributed by atoms with E-state index in [1.807, 2.05) is 38.1 Å². The van der Waals surface area contributed by atoms with Crippen LogP contribution in [-0.2, 0) is 23.3 Å². The minimum atomic E-state index is -4.31. The number of nitrogens with zero attached hydrogens (tertiary/aromatic N) is 3. The number of rotatable bonds is 9. The number of pyridine rings is 1. The zero-order valence-corrected chi connectivity index (χ0v) is 23.7. The maximum absolute atomic E-state index is 13.4. The largest absolute Gasteiger partial charge is 0.397 e. The molecule has 0 saturated carbocycles. The van der Waals surface area contributed by atoms with Gasteiger partial charge >= 0.3 is 6.18 Å². The molecule has 1 unspecified atom stereocenters. The summed E-state index contributed by atoms with van der Waals surface area (Å²) in [5.74, 6) is 0.0653. The first kappa shape index (κ1) is 29.7. The van der Waals surface area contributed by atoms with E-state index in [-0.39, 0.29) is 23.6 Å². The highest BCUT2D eigenvalue weighted by Crippen LogP contribution is 2.40. The molecular weight excluding hydrogens is 513 g/mol. The van der Waals surface area contributed by atoms with Crippen LogP contribution in [0.15, 0.2) is 73.1 Å². The van der Waals surface area contributed by atoms with Gasteiger partial charge in [-0.15, -0.1) is 0 Å². The standard InChI is InChI=1S/C32H39F3N4O/c1-23(2)37-30(40)19-29-22-38(17-18-39(29)21-25-13-15-36-16-14-25)20-24-5-7-26(8-6-24)27-9-11-28(12-10-27)31(3,4)32(33,34)35/h5-16,23,29H,17-22H2,1-4H3,(H,37,40). The average Bonchev–Trinajstić information content (AvgIpc) is 2.90. The molecule has 2 heterocycles. The van der Waals surface area contributed by atoms with Crippen LogP contribution in [0.3, 0.4) is 0 Å². The molecule has 1 atom stereocenters. The van der Waals surface area contributed by atoms with Gasteiger partial charge < -0.3 is 5.32 Å². The second-order valence-corrected chi connectivity index (χ2v) is 11.5. The van der Waals surface area contributed by atoms with Crippen molar-refractivity contribution in [2.24, 2.45) is 0 Å². The minimum absolute atomic E-state index is 0.0653. The lowest BCUT2D eigenvalue weighted by Crippen LogP contribution is -2.53. The van der Waals surface area contributed by atoms with Gasteiger partial charge in [0.05, 0.1) is 5.41 Å². The summed E-state index contributed by atoms with van der Waals surface area (Å²) in [5.41, 5.74) is 2.54. The molecular formula is C32H39F3N4O. The Morgan fingerprint density at radius 2 is 1.48 bits per heavy atom. The summed E-state index contributed by atoms with van der Waals surface area (Å²) >= 11 is 0. The molecule has 1 aliphatic heterocycles. The van der Waals surface area contributed by atoms with Crippen LogP contribution >= 0.6 is 0 Å². The lowest BCUT2D eigenvalue weighted by atomic mass is 9.83. The number of nitrogens with one attached hydrogen (secondary N) is 1. The van der Waals surface area contributed by atoms with Gasteiger partial charge in [0, 0.05) is 63.6 Å². The molecule has 0 bridgehead atoms. The Morgan fingerprint density at radius 1 is 0.900 bits per heavy atom. The Bertz CT molecular complexity index is 1240. The smallest absolute Gasteiger partial charge is 0.354 e. The number of carbonyl (C=O) groups excluding carboxylic acids is 1. The summed E-state index contributed by atoms with van der Waals surface area (Å²) < 4.78 is 40.2. The maximum atomic E-state index is 13.4. The fraction of sp³-hybridized carbons (Fsp3) is 0.438. The van der Waals surface area contributed by atoms with E-state index < -0.39 is 11.6 Å². The highest BCUT2D eigenvalue weighted by molar-refractivity contribution is 5.76. The lowest BCUT2D eigenvalue weighted by Gasteiger charge is -2.41. The second-order valence-electron chi connectivity index (χ2n) is 11.5. The van der Waals surface area contributed by atoms with Gasteiger partial charge in [0.2, 0.25) is 5.91 Å². The van der Waals surface area contributed by atoms with E-state index in [2.05, 4.69) is 32.2 Å². The summed E-state index contributed by atoms with van der Waals surface area (Å²) in [5, 5.41) is 3.03. The summed E-state index contributed by atoms with van der Waals surface area (Å²) in [6.07, 6.45) is -0.265. The average molecular weight is 553 g/mol. The number of aromatic nitrogens is 1. The molecule has 2 aromatic carbocycles. The number of benzene rings is 2. The summed E-state index contributed by atoms with van der Waals surface area (Å²) in [4.78, 5) is 21.5. The van der Waals surface area contributed by atoms with Crippen LogP contribution in [0.2, 0.25) is 0 Å². The van der Waals surface area contributed by atoms with Gasteiger partial charge in [-0.1, -0.05) is 48.5 Å². The SMILES string of the molecule is CC(C)NC(=O)CC1CN(Cc2ccc(-c3ccc(C(C)(C)C(F)(F)F)cc3)cc2)CCN1Cc1ccncc1.